The van der Waals surface area contributed by atoms with Crippen molar-refractivity contribution in [2.24, 2.45) is 5.14 Å². The number of likely N-dealkylation sites (tertiary alicyclic amines) is 1. The molecule has 2 heterocycles. The highest BCUT2D eigenvalue weighted by Gasteiger charge is 2.22. The van der Waals surface area contributed by atoms with Gasteiger partial charge in [-0.15, -0.1) is 0 Å². The summed E-state index contributed by atoms with van der Waals surface area (Å²) < 4.78 is 22.1. The van der Waals surface area contributed by atoms with Gasteiger partial charge in [0.1, 0.15) is 0 Å². The van der Waals surface area contributed by atoms with Crippen LogP contribution in [0.2, 0.25) is 0 Å². The van der Waals surface area contributed by atoms with E-state index in [-0.39, 0.29) is 0 Å². The quantitative estimate of drug-likeness (QED) is 0.905. The lowest BCUT2D eigenvalue weighted by molar-refractivity contribution is 0.310. The number of aromatic nitrogens is 1. The largest absolute Gasteiger partial charge is 0.361 e. The molecular formula is C16H21N3O2S. The van der Waals surface area contributed by atoms with Gasteiger partial charge < -0.3 is 9.88 Å². The average Bonchev–Trinajstić information content (AvgIpc) is 3.04. The molecule has 5 nitrogen and oxygen atoms in total. The standard InChI is InChI=1S/C16H21N3O2S/c1-19-7-2-3-14(19)10-13-11-18-16-5-4-12(9-15(13)16)6-8-22(17,20)21/h4-6,8-9,11,14,18H,2-3,7,10H2,1H3,(H2,17,20,21)/b8-6+/t14-/m1/s1. The van der Waals surface area contributed by atoms with Crippen LogP contribution in [0.4, 0.5) is 0 Å². The number of likely N-dealkylation sites (N-methyl/N-ethyl adjacent to an activating group) is 1. The van der Waals surface area contributed by atoms with E-state index in [1.54, 1.807) is 0 Å². The van der Waals surface area contributed by atoms with Gasteiger partial charge in [-0.2, -0.15) is 0 Å². The Morgan fingerprint density at radius 2 is 2.27 bits per heavy atom. The first-order valence-corrected chi connectivity index (χ1v) is 9.04. The average molecular weight is 319 g/mol. The van der Waals surface area contributed by atoms with Crippen molar-refractivity contribution in [3.63, 3.8) is 0 Å². The smallest absolute Gasteiger partial charge is 0.231 e. The molecule has 0 unspecified atom stereocenters. The lowest BCUT2D eigenvalue weighted by Gasteiger charge is -2.18. The third-order valence-corrected chi connectivity index (χ3v) is 4.88. The third-order valence-electron chi connectivity index (χ3n) is 4.37. The van der Waals surface area contributed by atoms with E-state index >= 15 is 0 Å². The number of hydrogen-bond acceptors (Lipinski definition) is 3. The Bertz CT molecular complexity index is 808. The second-order valence-corrected chi connectivity index (χ2v) is 7.44. The van der Waals surface area contributed by atoms with Crippen LogP contribution in [-0.4, -0.2) is 37.9 Å². The fourth-order valence-corrected chi connectivity index (χ4v) is 3.48. The van der Waals surface area contributed by atoms with Crippen molar-refractivity contribution < 1.29 is 8.42 Å². The number of hydrogen-bond donors (Lipinski definition) is 2. The lowest BCUT2D eigenvalue weighted by atomic mass is 10.0. The first-order valence-electron chi connectivity index (χ1n) is 7.43. The van der Waals surface area contributed by atoms with Gasteiger partial charge in [0.2, 0.25) is 10.0 Å². The minimum atomic E-state index is -3.59. The van der Waals surface area contributed by atoms with Gasteiger partial charge in [-0.25, -0.2) is 13.6 Å². The molecule has 1 aliphatic heterocycles. The fourth-order valence-electron chi connectivity index (χ4n) is 3.13. The Kier molecular flexibility index (Phi) is 4.08. The monoisotopic (exact) mass is 319 g/mol. The van der Waals surface area contributed by atoms with Gasteiger partial charge in [0.25, 0.3) is 0 Å². The summed E-state index contributed by atoms with van der Waals surface area (Å²) in [6, 6.07) is 6.45. The van der Waals surface area contributed by atoms with Gasteiger partial charge >= 0.3 is 0 Å². The number of H-pyrrole nitrogens is 1. The molecule has 3 N–H and O–H groups in total. The molecule has 1 aromatic carbocycles. The number of rotatable bonds is 4. The van der Waals surface area contributed by atoms with Crippen molar-refractivity contribution in [2.45, 2.75) is 25.3 Å². The van der Waals surface area contributed by atoms with Crippen molar-refractivity contribution in [1.82, 2.24) is 9.88 Å². The second kappa shape index (κ2) is 5.87. The van der Waals surface area contributed by atoms with Crippen LogP contribution in [-0.2, 0) is 16.4 Å². The predicted octanol–water partition coefficient (Wildman–Crippen LogP) is 2.06. The van der Waals surface area contributed by atoms with Gasteiger partial charge in [-0.3, -0.25) is 0 Å². The Hall–Kier alpha value is -1.63. The Morgan fingerprint density at radius 3 is 2.95 bits per heavy atom. The number of aromatic amines is 1. The molecule has 22 heavy (non-hydrogen) atoms. The van der Waals surface area contributed by atoms with Gasteiger partial charge in [0.15, 0.2) is 0 Å². The first-order chi connectivity index (χ1) is 10.4. The van der Waals surface area contributed by atoms with Crippen LogP contribution in [0.15, 0.2) is 29.8 Å². The topological polar surface area (TPSA) is 79.2 Å². The van der Waals surface area contributed by atoms with Crippen molar-refractivity contribution in [3.05, 3.63) is 40.9 Å². The Morgan fingerprint density at radius 1 is 1.45 bits per heavy atom. The first kappa shape index (κ1) is 15.3. The molecule has 6 heteroatoms. The maximum atomic E-state index is 11.0. The summed E-state index contributed by atoms with van der Waals surface area (Å²) in [6.45, 7) is 1.16. The number of primary sulfonamides is 1. The second-order valence-electron chi connectivity index (χ2n) is 5.99. The highest BCUT2D eigenvalue weighted by Crippen LogP contribution is 2.25. The van der Waals surface area contributed by atoms with E-state index in [9.17, 15) is 8.42 Å². The summed E-state index contributed by atoms with van der Waals surface area (Å²) >= 11 is 0. The predicted molar refractivity (Wildman–Crippen MR) is 89.8 cm³/mol. The number of sulfonamides is 1. The summed E-state index contributed by atoms with van der Waals surface area (Å²) in [5.41, 5.74) is 3.19. The number of fused-ring (bicyclic) bond motifs is 1. The van der Waals surface area contributed by atoms with E-state index in [4.69, 9.17) is 5.14 Å². The van der Waals surface area contributed by atoms with Crippen LogP contribution >= 0.6 is 0 Å². The lowest BCUT2D eigenvalue weighted by Crippen LogP contribution is -2.26. The molecule has 0 saturated carbocycles. The normalized spacial score (nSPS) is 20.4. The number of benzene rings is 1. The van der Waals surface area contributed by atoms with E-state index < -0.39 is 10.0 Å². The molecule has 1 saturated heterocycles. The molecule has 0 bridgehead atoms. The molecule has 118 valence electrons. The van der Waals surface area contributed by atoms with E-state index in [0.29, 0.717) is 6.04 Å². The van der Waals surface area contributed by atoms with Crippen molar-refractivity contribution in [2.75, 3.05) is 13.6 Å². The van der Waals surface area contributed by atoms with Crippen LogP contribution in [0.1, 0.15) is 24.0 Å². The molecule has 0 amide bonds. The molecule has 0 radical (unpaired) electrons. The van der Waals surface area contributed by atoms with Crippen LogP contribution < -0.4 is 5.14 Å². The Labute approximate surface area is 130 Å². The zero-order chi connectivity index (χ0) is 15.7. The molecule has 1 aliphatic rings. The molecule has 1 aromatic heterocycles. The SMILES string of the molecule is CN1CCC[C@@H]1Cc1c[nH]c2ccc(/C=C/S(N)(=O)=O)cc12. The molecule has 2 aromatic rings. The summed E-state index contributed by atoms with van der Waals surface area (Å²) in [5.74, 6) is 0. The van der Waals surface area contributed by atoms with Gasteiger partial charge in [0, 0.05) is 28.5 Å². The minimum absolute atomic E-state index is 0.586. The van der Waals surface area contributed by atoms with Gasteiger partial charge in [-0.05, 0) is 62.2 Å². The highest BCUT2D eigenvalue weighted by molar-refractivity contribution is 7.92. The number of nitrogens with one attached hydrogen (secondary N) is 1. The van der Waals surface area contributed by atoms with Crippen molar-refractivity contribution >= 4 is 27.0 Å². The zero-order valence-corrected chi connectivity index (χ0v) is 13.4. The fraction of sp³-hybridized carbons (Fsp3) is 0.375. The number of nitrogens with two attached hydrogens (primary N) is 1. The van der Waals surface area contributed by atoms with E-state index in [1.807, 2.05) is 18.2 Å². The van der Waals surface area contributed by atoms with E-state index in [2.05, 4.69) is 23.1 Å². The summed E-state index contributed by atoms with van der Waals surface area (Å²) in [4.78, 5) is 5.70. The highest BCUT2D eigenvalue weighted by atomic mass is 32.2. The Balaban J connectivity index is 1.90. The van der Waals surface area contributed by atoms with Crippen LogP contribution in [0.3, 0.4) is 0 Å². The maximum Gasteiger partial charge on any atom is 0.231 e. The van der Waals surface area contributed by atoms with Crippen molar-refractivity contribution in [3.8, 4) is 0 Å². The number of nitrogens with zero attached hydrogens (tertiary/aromatic N) is 1. The maximum absolute atomic E-state index is 11.0. The van der Waals surface area contributed by atoms with E-state index in [0.717, 1.165) is 34.8 Å². The van der Waals surface area contributed by atoms with Crippen LogP contribution in [0, 0.1) is 0 Å². The molecule has 0 aliphatic carbocycles. The van der Waals surface area contributed by atoms with Gasteiger partial charge in [0.05, 0.1) is 0 Å². The molecule has 3 rings (SSSR count). The third kappa shape index (κ3) is 3.40. The molecule has 1 atom stereocenters. The summed E-state index contributed by atoms with van der Waals surface area (Å²) in [6.07, 6.45) is 7.09. The molecule has 0 spiro atoms. The van der Waals surface area contributed by atoms with E-state index in [1.165, 1.54) is 24.5 Å². The van der Waals surface area contributed by atoms with Crippen molar-refractivity contribution in [1.29, 1.82) is 0 Å². The van der Waals surface area contributed by atoms with Crippen LogP contribution in [0.25, 0.3) is 17.0 Å². The van der Waals surface area contributed by atoms with Gasteiger partial charge in [-0.1, -0.05) is 6.07 Å². The van der Waals surface area contributed by atoms with Crippen LogP contribution in [0.5, 0.6) is 0 Å². The summed E-state index contributed by atoms with van der Waals surface area (Å²) in [7, 11) is -1.42. The zero-order valence-electron chi connectivity index (χ0n) is 12.6. The molecular weight excluding hydrogens is 298 g/mol. The molecule has 1 fully saturated rings. The minimum Gasteiger partial charge on any atom is -0.361 e. The summed E-state index contributed by atoms with van der Waals surface area (Å²) in [5, 5.41) is 7.19.